The maximum atomic E-state index is 11.0. The number of halogens is 2. The van der Waals surface area contributed by atoms with Crippen molar-refractivity contribution in [1.82, 2.24) is 4.98 Å². The van der Waals surface area contributed by atoms with E-state index in [1.165, 1.54) is 12.3 Å². The van der Waals surface area contributed by atoms with Crippen LogP contribution in [0.5, 0.6) is 11.5 Å². The second-order valence-corrected chi connectivity index (χ2v) is 4.64. The predicted octanol–water partition coefficient (Wildman–Crippen LogP) is 3.55. The van der Waals surface area contributed by atoms with Crippen LogP contribution in [0.2, 0.25) is 10.0 Å². The Kier molecular flexibility index (Phi) is 4.39. The maximum Gasteiger partial charge on any atom is 0.313 e. The zero-order valence-corrected chi connectivity index (χ0v) is 11.6. The number of benzene rings is 1. The third kappa shape index (κ3) is 3.16. The van der Waals surface area contributed by atoms with Gasteiger partial charge in [0.15, 0.2) is 0 Å². The van der Waals surface area contributed by atoms with Gasteiger partial charge < -0.3 is 10.5 Å². The van der Waals surface area contributed by atoms with Crippen LogP contribution >= 0.6 is 23.2 Å². The summed E-state index contributed by atoms with van der Waals surface area (Å²) in [5, 5.41) is 11.2. The summed E-state index contributed by atoms with van der Waals surface area (Å²) in [6, 6.07) is 4.07. The molecule has 1 heterocycles. The van der Waals surface area contributed by atoms with E-state index < -0.39 is 4.92 Å². The van der Waals surface area contributed by atoms with Gasteiger partial charge >= 0.3 is 5.69 Å². The molecule has 0 saturated carbocycles. The van der Waals surface area contributed by atoms with Crippen molar-refractivity contribution in [3.63, 3.8) is 0 Å². The van der Waals surface area contributed by atoms with Crippen LogP contribution in [0.25, 0.3) is 0 Å². The number of nitro groups is 1. The highest BCUT2D eigenvalue weighted by Gasteiger charge is 2.19. The fourth-order valence-electron chi connectivity index (χ4n) is 1.50. The Morgan fingerprint density at radius 1 is 1.25 bits per heavy atom. The largest absolute Gasteiger partial charge is 0.448 e. The average molecular weight is 314 g/mol. The first-order chi connectivity index (χ1) is 9.51. The maximum absolute atomic E-state index is 11.0. The molecule has 0 fully saturated rings. The highest BCUT2D eigenvalue weighted by atomic mass is 35.5. The monoisotopic (exact) mass is 313 g/mol. The normalized spacial score (nSPS) is 10.3. The summed E-state index contributed by atoms with van der Waals surface area (Å²) in [5.41, 5.74) is 5.95. The summed E-state index contributed by atoms with van der Waals surface area (Å²) >= 11 is 11.6. The van der Waals surface area contributed by atoms with E-state index in [4.69, 9.17) is 33.7 Å². The van der Waals surface area contributed by atoms with Crippen molar-refractivity contribution in [2.45, 2.75) is 6.54 Å². The van der Waals surface area contributed by atoms with Gasteiger partial charge in [-0.05, 0) is 11.6 Å². The summed E-state index contributed by atoms with van der Waals surface area (Å²) < 4.78 is 5.45. The second-order valence-electron chi connectivity index (χ2n) is 3.83. The van der Waals surface area contributed by atoms with Gasteiger partial charge in [0.1, 0.15) is 5.75 Å². The number of nitrogens with two attached hydrogens (primary N) is 1. The van der Waals surface area contributed by atoms with Gasteiger partial charge in [-0.25, -0.2) is 0 Å². The van der Waals surface area contributed by atoms with Gasteiger partial charge in [-0.15, -0.1) is 0 Å². The van der Waals surface area contributed by atoms with Crippen molar-refractivity contribution in [1.29, 1.82) is 0 Å². The molecule has 0 saturated heterocycles. The number of pyridine rings is 1. The van der Waals surface area contributed by atoms with E-state index >= 15 is 0 Å². The molecule has 6 nitrogen and oxygen atoms in total. The molecule has 2 rings (SSSR count). The molecule has 104 valence electrons. The molecule has 1 aromatic carbocycles. The van der Waals surface area contributed by atoms with Crippen LogP contribution < -0.4 is 10.5 Å². The summed E-state index contributed by atoms with van der Waals surface area (Å²) in [5.74, 6) is 0.315. The lowest BCUT2D eigenvalue weighted by molar-refractivity contribution is -0.385. The van der Waals surface area contributed by atoms with Crippen LogP contribution in [0, 0.1) is 10.1 Å². The van der Waals surface area contributed by atoms with Crippen molar-refractivity contribution in [3.05, 3.63) is 56.3 Å². The molecule has 1 aromatic heterocycles. The minimum Gasteiger partial charge on any atom is -0.448 e. The van der Waals surface area contributed by atoms with Gasteiger partial charge in [0.05, 0.1) is 21.2 Å². The second kappa shape index (κ2) is 6.04. The number of rotatable bonds is 4. The Morgan fingerprint density at radius 3 is 2.60 bits per heavy atom. The van der Waals surface area contributed by atoms with Crippen LogP contribution in [0.3, 0.4) is 0 Å². The van der Waals surface area contributed by atoms with E-state index in [0.717, 1.165) is 11.6 Å². The average Bonchev–Trinajstić information content (AvgIpc) is 2.42. The minimum absolute atomic E-state index is 0.0135. The van der Waals surface area contributed by atoms with E-state index in [-0.39, 0.29) is 28.0 Å². The standard InChI is InChI=1S/C12H9Cl2N3O3/c13-9-2-11(17(18)19)12(3-10(9)14)20-8-1-7(4-15)5-16-6-8/h1-3,5-6H,4,15H2. The molecule has 0 aliphatic rings. The van der Waals surface area contributed by atoms with Gasteiger partial charge in [0.25, 0.3) is 0 Å². The highest BCUT2D eigenvalue weighted by Crippen LogP contribution is 2.37. The SMILES string of the molecule is NCc1cncc(Oc2cc(Cl)c(Cl)cc2[N+](=O)[O-])c1. The van der Waals surface area contributed by atoms with Crippen LogP contribution in [0.4, 0.5) is 5.69 Å². The van der Waals surface area contributed by atoms with Crippen molar-refractivity contribution < 1.29 is 9.66 Å². The van der Waals surface area contributed by atoms with Gasteiger partial charge in [-0.2, -0.15) is 0 Å². The zero-order chi connectivity index (χ0) is 14.7. The van der Waals surface area contributed by atoms with Gasteiger partial charge in [-0.3, -0.25) is 15.1 Å². The molecule has 2 N–H and O–H groups in total. The molecule has 0 aliphatic heterocycles. The number of nitrogens with zero attached hydrogens (tertiary/aromatic N) is 2. The molecule has 0 radical (unpaired) electrons. The zero-order valence-electron chi connectivity index (χ0n) is 10.0. The fraction of sp³-hybridized carbons (Fsp3) is 0.0833. The Labute approximate surface area is 124 Å². The summed E-state index contributed by atoms with van der Waals surface area (Å²) in [6.45, 7) is 0.285. The van der Waals surface area contributed by atoms with E-state index in [9.17, 15) is 10.1 Å². The third-order valence-corrected chi connectivity index (χ3v) is 3.15. The molecule has 20 heavy (non-hydrogen) atoms. The number of hydrogen-bond donors (Lipinski definition) is 1. The first-order valence-corrected chi connectivity index (χ1v) is 6.22. The first-order valence-electron chi connectivity index (χ1n) is 5.46. The van der Waals surface area contributed by atoms with Crippen molar-refractivity contribution in [2.75, 3.05) is 0 Å². The van der Waals surface area contributed by atoms with E-state index in [1.54, 1.807) is 12.3 Å². The van der Waals surface area contributed by atoms with Crippen molar-refractivity contribution in [3.8, 4) is 11.5 Å². The molecule has 0 spiro atoms. The topological polar surface area (TPSA) is 91.3 Å². The Balaban J connectivity index is 2.41. The smallest absolute Gasteiger partial charge is 0.313 e. The number of ether oxygens (including phenoxy) is 1. The van der Waals surface area contributed by atoms with Gasteiger partial charge in [-0.1, -0.05) is 23.2 Å². The lowest BCUT2D eigenvalue weighted by Crippen LogP contribution is -1.98. The highest BCUT2D eigenvalue weighted by molar-refractivity contribution is 6.42. The Morgan fingerprint density at radius 2 is 1.95 bits per heavy atom. The van der Waals surface area contributed by atoms with E-state index in [0.29, 0.717) is 5.75 Å². The predicted molar refractivity (Wildman–Crippen MR) is 75.3 cm³/mol. The van der Waals surface area contributed by atoms with Crippen LogP contribution in [-0.4, -0.2) is 9.91 Å². The van der Waals surface area contributed by atoms with E-state index in [2.05, 4.69) is 4.98 Å². The van der Waals surface area contributed by atoms with Gasteiger partial charge in [0.2, 0.25) is 5.75 Å². The number of nitro benzene ring substituents is 1. The lowest BCUT2D eigenvalue weighted by Gasteiger charge is -2.08. The fourth-order valence-corrected chi connectivity index (χ4v) is 1.81. The summed E-state index contributed by atoms with van der Waals surface area (Å²) in [7, 11) is 0. The molecular formula is C12H9Cl2N3O3. The molecule has 0 bridgehead atoms. The molecule has 0 atom stereocenters. The third-order valence-electron chi connectivity index (χ3n) is 2.43. The molecule has 0 aliphatic carbocycles. The molecular weight excluding hydrogens is 305 g/mol. The molecule has 0 amide bonds. The van der Waals surface area contributed by atoms with Crippen molar-refractivity contribution in [2.24, 2.45) is 5.73 Å². The summed E-state index contributed by atoms with van der Waals surface area (Å²) in [4.78, 5) is 14.3. The molecule has 2 aromatic rings. The van der Waals surface area contributed by atoms with Crippen LogP contribution in [0.1, 0.15) is 5.56 Å². The number of hydrogen-bond acceptors (Lipinski definition) is 5. The minimum atomic E-state index is -0.599. The van der Waals surface area contributed by atoms with Crippen molar-refractivity contribution >= 4 is 28.9 Å². The Hall–Kier alpha value is -1.89. The molecule has 8 heteroatoms. The lowest BCUT2D eigenvalue weighted by atomic mass is 10.2. The van der Waals surface area contributed by atoms with Crippen LogP contribution in [0.15, 0.2) is 30.6 Å². The number of aromatic nitrogens is 1. The first kappa shape index (κ1) is 14.5. The quantitative estimate of drug-likeness (QED) is 0.688. The Bertz CT molecular complexity index is 664. The van der Waals surface area contributed by atoms with E-state index in [1.807, 2.05) is 0 Å². The van der Waals surface area contributed by atoms with Gasteiger partial charge in [0, 0.05) is 24.9 Å². The molecule has 0 unspecified atom stereocenters. The summed E-state index contributed by atoms with van der Waals surface area (Å²) in [6.07, 6.45) is 3.00. The van der Waals surface area contributed by atoms with Crippen LogP contribution in [-0.2, 0) is 6.54 Å².